The molecule has 7 nitrogen and oxygen atoms in total. The van der Waals surface area contributed by atoms with Crippen molar-refractivity contribution in [3.05, 3.63) is 83.6 Å². The Kier molecular flexibility index (Phi) is 6.04. The van der Waals surface area contributed by atoms with Crippen molar-refractivity contribution in [1.82, 2.24) is 0 Å². The van der Waals surface area contributed by atoms with Gasteiger partial charge < -0.3 is 19.5 Å². The van der Waals surface area contributed by atoms with E-state index in [1.54, 1.807) is 56.7 Å². The van der Waals surface area contributed by atoms with Crippen LogP contribution < -0.4 is 24.4 Å². The highest BCUT2D eigenvalue weighted by Gasteiger charge is 2.41. The molecule has 4 rings (SSSR count). The highest BCUT2D eigenvalue weighted by Crippen LogP contribution is 2.39. The molecule has 1 aliphatic heterocycles. The SMILES string of the molecule is COc1ccc(N2C(=O)C(Nc3cc(C)ccc3OC)=C(c3ccccc3OC)C2=O)cc1. The average Bonchev–Trinajstić information content (AvgIpc) is 3.08. The maximum absolute atomic E-state index is 13.7. The number of carbonyl (C=O) groups is 2. The van der Waals surface area contributed by atoms with Crippen molar-refractivity contribution in [2.45, 2.75) is 6.92 Å². The van der Waals surface area contributed by atoms with Crippen LogP contribution in [-0.2, 0) is 9.59 Å². The van der Waals surface area contributed by atoms with Crippen LogP contribution in [0.25, 0.3) is 5.57 Å². The van der Waals surface area contributed by atoms with Crippen molar-refractivity contribution in [2.75, 3.05) is 31.5 Å². The zero-order valence-electron chi connectivity index (χ0n) is 18.8. The summed E-state index contributed by atoms with van der Waals surface area (Å²) in [4.78, 5) is 28.4. The fourth-order valence-electron chi connectivity index (χ4n) is 3.77. The normalized spacial score (nSPS) is 13.4. The number of anilines is 2. The molecule has 1 heterocycles. The topological polar surface area (TPSA) is 77.1 Å². The van der Waals surface area contributed by atoms with Gasteiger partial charge in [0.2, 0.25) is 0 Å². The monoisotopic (exact) mass is 444 g/mol. The maximum atomic E-state index is 13.7. The Hall–Kier alpha value is -4.26. The molecule has 0 atom stereocenters. The number of imide groups is 1. The molecule has 0 bridgehead atoms. The summed E-state index contributed by atoms with van der Waals surface area (Å²) in [7, 11) is 4.63. The Bertz CT molecular complexity index is 1250. The smallest absolute Gasteiger partial charge is 0.282 e. The molecule has 3 aromatic rings. The number of hydrogen-bond acceptors (Lipinski definition) is 6. The Balaban J connectivity index is 1.87. The molecule has 0 unspecified atom stereocenters. The van der Waals surface area contributed by atoms with Crippen LogP contribution in [0.3, 0.4) is 0 Å². The quantitative estimate of drug-likeness (QED) is 0.544. The minimum absolute atomic E-state index is 0.143. The summed E-state index contributed by atoms with van der Waals surface area (Å²) in [5.41, 5.74) is 2.87. The van der Waals surface area contributed by atoms with Crippen LogP contribution in [0.2, 0.25) is 0 Å². The molecule has 0 fully saturated rings. The van der Waals surface area contributed by atoms with Gasteiger partial charge in [-0.05, 0) is 55.0 Å². The van der Waals surface area contributed by atoms with Gasteiger partial charge in [0.05, 0.1) is 38.3 Å². The van der Waals surface area contributed by atoms with Crippen LogP contribution in [0.5, 0.6) is 17.2 Å². The lowest BCUT2D eigenvalue weighted by Crippen LogP contribution is -2.32. The minimum Gasteiger partial charge on any atom is -0.497 e. The second-order valence-corrected chi connectivity index (χ2v) is 7.42. The van der Waals surface area contributed by atoms with Crippen molar-refractivity contribution >= 4 is 28.8 Å². The van der Waals surface area contributed by atoms with Gasteiger partial charge >= 0.3 is 0 Å². The van der Waals surface area contributed by atoms with Gasteiger partial charge in [-0.2, -0.15) is 0 Å². The zero-order chi connectivity index (χ0) is 23.5. The summed E-state index contributed by atoms with van der Waals surface area (Å²) in [6.07, 6.45) is 0. The van der Waals surface area contributed by atoms with Gasteiger partial charge in [-0.1, -0.05) is 24.3 Å². The summed E-state index contributed by atoms with van der Waals surface area (Å²) >= 11 is 0. The Morgan fingerprint density at radius 2 is 1.45 bits per heavy atom. The molecule has 0 radical (unpaired) electrons. The Labute approximate surface area is 192 Å². The number of nitrogens with one attached hydrogen (secondary N) is 1. The number of ether oxygens (including phenoxy) is 3. The van der Waals surface area contributed by atoms with Crippen LogP contribution in [0.15, 0.2) is 72.4 Å². The summed E-state index contributed by atoms with van der Waals surface area (Å²) in [6.45, 7) is 1.94. The summed E-state index contributed by atoms with van der Waals surface area (Å²) in [5.74, 6) is 0.730. The number of aryl methyl sites for hydroxylation is 1. The van der Waals surface area contributed by atoms with Gasteiger partial charge in [-0.15, -0.1) is 0 Å². The Morgan fingerprint density at radius 3 is 2.12 bits per heavy atom. The third-order valence-corrected chi connectivity index (χ3v) is 5.41. The molecule has 0 spiro atoms. The van der Waals surface area contributed by atoms with E-state index in [1.165, 1.54) is 7.11 Å². The molecule has 0 aliphatic carbocycles. The highest BCUT2D eigenvalue weighted by atomic mass is 16.5. The van der Waals surface area contributed by atoms with Crippen molar-refractivity contribution in [3.8, 4) is 17.2 Å². The van der Waals surface area contributed by atoms with E-state index in [0.29, 0.717) is 34.2 Å². The second kappa shape index (κ2) is 9.08. The molecule has 1 N–H and O–H groups in total. The van der Waals surface area contributed by atoms with Gasteiger partial charge in [0.25, 0.3) is 11.8 Å². The zero-order valence-corrected chi connectivity index (χ0v) is 18.8. The summed E-state index contributed by atoms with van der Waals surface area (Å²) in [5, 5.41) is 3.17. The van der Waals surface area contributed by atoms with Gasteiger partial charge in [-0.3, -0.25) is 9.59 Å². The number of benzene rings is 3. The molecule has 3 aromatic carbocycles. The van der Waals surface area contributed by atoms with Crippen molar-refractivity contribution in [3.63, 3.8) is 0 Å². The van der Waals surface area contributed by atoms with Crippen LogP contribution >= 0.6 is 0 Å². The molecule has 0 saturated carbocycles. The average molecular weight is 444 g/mol. The van der Waals surface area contributed by atoms with Crippen LogP contribution in [0.1, 0.15) is 11.1 Å². The van der Waals surface area contributed by atoms with E-state index in [-0.39, 0.29) is 11.3 Å². The lowest BCUT2D eigenvalue weighted by Gasteiger charge is -2.16. The number of nitrogens with zero attached hydrogens (tertiary/aromatic N) is 1. The van der Waals surface area contributed by atoms with Gasteiger partial charge in [-0.25, -0.2) is 4.90 Å². The van der Waals surface area contributed by atoms with Crippen molar-refractivity contribution in [2.24, 2.45) is 0 Å². The fourth-order valence-corrected chi connectivity index (χ4v) is 3.77. The highest BCUT2D eigenvalue weighted by molar-refractivity contribution is 6.46. The molecule has 2 amide bonds. The number of hydrogen-bond donors (Lipinski definition) is 1. The van der Waals surface area contributed by atoms with Crippen molar-refractivity contribution < 1.29 is 23.8 Å². The predicted octanol–water partition coefficient (Wildman–Crippen LogP) is 4.42. The first kappa shape index (κ1) is 22.0. The van der Waals surface area contributed by atoms with E-state index in [9.17, 15) is 9.59 Å². The lowest BCUT2D eigenvalue weighted by atomic mass is 10.0. The van der Waals surface area contributed by atoms with E-state index >= 15 is 0 Å². The minimum atomic E-state index is -0.477. The van der Waals surface area contributed by atoms with E-state index in [2.05, 4.69) is 5.32 Å². The number of methoxy groups -OCH3 is 3. The van der Waals surface area contributed by atoms with E-state index in [0.717, 1.165) is 10.5 Å². The van der Waals surface area contributed by atoms with Crippen LogP contribution in [0, 0.1) is 6.92 Å². The van der Waals surface area contributed by atoms with E-state index in [1.807, 2.05) is 31.2 Å². The number of amides is 2. The maximum Gasteiger partial charge on any atom is 0.282 e. The Morgan fingerprint density at radius 1 is 0.758 bits per heavy atom. The molecule has 1 aliphatic rings. The number of para-hydroxylation sites is 1. The van der Waals surface area contributed by atoms with Gasteiger partial charge in [0.15, 0.2) is 0 Å². The molecule has 0 saturated heterocycles. The van der Waals surface area contributed by atoms with Gasteiger partial charge in [0.1, 0.15) is 22.9 Å². The second-order valence-electron chi connectivity index (χ2n) is 7.42. The third-order valence-electron chi connectivity index (χ3n) is 5.41. The molecular formula is C26H24N2O5. The lowest BCUT2D eigenvalue weighted by molar-refractivity contribution is -0.120. The third kappa shape index (κ3) is 4.01. The molecule has 168 valence electrons. The standard InChI is InChI=1S/C26H24N2O5/c1-16-9-14-22(33-4)20(15-16)27-24-23(19-7-5-6-8-21(19)32-3)25(29)28(26(24)30)17-10-12-18(31-2)13-11-17/h5-15,27H,1-4H3. The largest absolute Gasteiger partial charge is 0.497 e. The molecule has 0 aromatic heterocycles. The molecule has 7 heteroatoms. The van der Waals surface area contributed by atoms with E-state index in [4.69, 9.17) is 14.2 Å². The fraction of sp³-hybridized carbons (Fsp3) is 0.154. The van der Waals surface area contributed by atoms with Gasteiger partial charge in [0, 0.05) is 5.56 Å². The molecular weight excluding hydrogens is 420 g/mol. The number of rotatable bonds is 7. The van der Waals surface area contributed by atoms with Crippen LogP contribution in [-0.4, -0.2) is 33.1 Å². The van der Waals surface area contributed by atoms with Crippen molar-refractivity contribution in [1.29, 1.82) is 0 Å². The first-order valence-electron chi connectivity index (χ1n) is 10.3. The molecule has 33 heavy (non-hydrogen) atoms. The van der Waals surface area contributed by atoms with Crippen LogP contribution in [0.4, 0.5) is 11.4 Å². The first-order chi connectivity index (χ1) is 16.0. The predicted molar refractivity (Wildman–Crippen MR) is 127 cm³/mol. The number of carbonyl (C=O) groups excluding carboxylic acids is 2. The van der Waals surface area contributed by atoms with E-state index < -0.39 is 11.8 Å². The summed E-state index contributed by atoms with van der Waals surface area (Å²) < 4.78 is 16.2. The first-order valence-corrected chi connectivity index (χ1v) is 10.3. The summed E-state index contributed by atoms with van der Waals surface area (Å²) in [6, 6.07) is 19.4.